The number of nitrogens with two attached hydrogens (primary N) is 1. The zero-order chi connectivity index (χ0) is 19.8. The molecule has 1 amide bonds. The highest BCUT2D eigenvalue weighted by atomic mass is 16.1. The molecule has 28 heavy (non-hydrogen) atoms. The maximum atomic E-state index is 13.0. The highest BCUT2D eigenvalue weighted by molar-refractivity contribution is 6.11. The van der Waals surface area contributed by atoms with Gasteiger partial charge in [0.2, 0.25) is 0 Å². The maximum absolute atomic E-state index is 13.0. The van der Waals surface area contributed by atoms with Crippen LogP contribution in [0.3, 0.4) is 0 Å². The van der Waals surface area contributed by atoms with Crippen LogP contribution >= 0.6 is 0 Å². The van der Waals surface area contributed by atoms with E-state index in [1.807, 2.05) is 69.3 Å². The number of hydrogen-bond donors (Lipinski definition) is 2. The van der Waals surface area contributed by atoms with E-state index in [1.165, 1.54) is 0 Å². The second-order valence-corrected chi connectivity index (χ2v) is 7.10. The Balaban J connectivity index is 2.02. The third-order valence-corrected chi connectivity index (χ3v) is 5.01. The van der Waals surface area contributed by atoms with E-state index in [0.29, 0.717) is 22.5 Å². The smallest absolute Gasteiger partial charge is 0.257 e. The van der Waals surface area contributed by atoms with E-state index in [0.717, 1.165) is 28.7 Å². The first kappa shape index (κ1) is 18.0. The number of aryl methyl sites for hydroxylation is 1. The molecule has 2 aromatic carbocycles. The summed E-state index contributed by atoms with van der Waals surface area (Å²) in [6, 6.07) is 15.6. The first-order chi connectivity index (χ1) is 13.5. The number of anilines is 1. The number of rotatable bonds is 4. The number of nitrogen functional groups attached to an aromatic ring is 1. The van der Waals surface area contributed by atoms with Crippen LogP contribution in [-0.4, -0.2) is 26.5 Å². The Morgan fingerprint density at radius 3 is 2.39 bits per heavy atom. The predicted octanol–water partition coefficient (Wildman–Crippen LogP) is 3.99. The van der Waals surface area contributed by atoms with Crippen molar-refractivity contribution in [1.82, 2.24) is 19.9 Å². The van der Waals surface area contributed by atoms with Crippen molar-refractivity contribution in [3.05, 3.63) is 59.7 Å². The predicted molar refractivity (Wildman–Crippen MR) is 113 cm³/mol. The van der Waals surface area contributed by atoms with Gasteiger partial charge in [-0.2, -0.15) is 0 Å². The zero-order valence-electron chi connectivity index (χ0n) is 16.2. The summed E-state index contributed by atoms with van der Waals surface area (Å²) in [4.78, 5) is 22.5. The molecule has 2 heterocycles. The van der Waals surface area contributed by atoms with Crippen molar-refractivity contribution in [3.63, 3.8) is 0 Å². The van der Waals surface area contributed by atoms with Crippen LogP contribution in [0.15, 0.2) is 48.5 Å². The van der Waals surface area contributed by atoms with Gasteiger partial charge < -0.3 is 11.1 Å². The van der Waals surface area contributed by atoms with Crippen molar-refractivity contribution in [2.24, 2.45) is 0 Å². The number of amides is 1. The SMILES string of the molecule is CC[C@H](C)NC(=O)c1c(N)n(-c2ccc(C)cc2)c2nc3ccccc3nc12. The minimum absolute atomic E-state index is 0.0399. The molecule has 142 valence electrons. The van der Waals surface area contributed by atoms with Crippen molar-refractivity contribution in [3.8, 4) is 5.69 Å². The first-order valence-electron chi connectivity index (χ1n) is 9.44. The summed E-state index contributed by atoms with van der Waals surface area (Å²) in [6.07, 6.45) is 0.830. The Morgan fingerprint density at radius 2 is 1.75 bits per heavy atom. The van der Waals surface area contributed by atoms with Crippen molar-refractivity contribution < 1.29 is 4.79 Å². The molecule has 6 heteroatoms. The molecule has 0 bridgehead atoms. The monoisotopic (exact) mass is 373 g/mol. The van der Waals surface area contributed by atoms with Gasteiger partial charge in [0.1, 0.15) is 16.9 Å². The van der Waals surface area contributed by atoms with Crippen LogP contribution in [0, 0.1) is 6.92 Å². The summed E-state index contributed by atoms with van der Waals surface area (Å²) in [5.41, 5.74) is 11.4. The van der Waals surface area contributed by atoms with Crippen molar-refractivity contribution in [2.45, 2.75) is 33.2 Å². The fourth-order valence-electron chi connectivity index (χ4n) is 3.24. The van der Waals surface area contributed by atoms with Gasteiger partial charge in [-0.25, -0.2) is 9.97 Å². The van der Waals surface area contributed by atoms with E-state index in [4.69, 9.17) is 15.7 Å². The second kappa shape index (κ2) is 6.96. The van der Waals surface area contributed by atoms with Crippen LogP contribution in [0.25, 0.3) is 27.9 Å². The van der Waals surface area contributed by atoms with Crippen LogP contribution in [-0.2, 0) is 0 Å². The zero-order valence-corrected chi connectivity index (χ0v) is 16.2. The molecule has 3 N–H and O–H groups in total. The van der Waals surface area contributed by atoms with Gasteiger partial charge in [-0.3, -0.25) is 9.36 Å². The van der Waals surface area contributed by atoms with E-state index in [2.05, 4.69) is 5.32 Å². The van der Waals surface area contributed by atoms with Gasteiger partial charge in [0.15, 0.2) is 5.65 Å². The molecule has 0 aliphatic heterocycles. The summed E-state index contributed by atoms with van der Waals surface area (Å²) in [5.74, 6) is 0.113. The standard InChI is InChI=1S/C22H23N5O/c1-4-14(3)24-22(28)18-19-21(26-17-8-6-5-7-16(17)25-19)27(20(18)23)15-11-9-13(2)10-12-15/h5-12,14H,4,23H2,1-3H3,(H,24,28)/t14-/m0/s1. The molecule has 0 saturated carbocycles. The van der Waals surface area contributed by atoms with Gasteiger partial charge in [-0.05, 0) is 44.5 Å². The fraction of sp³-hybridized carbons (Fsp3) is 0.227. The largest absolute Gasteiger partial charge is 0.384 e. The van der Waals surface area contributed by atoms with Crippen LogP contribution in [0.1, 0.15) is 36.2 Å². The molecular weight excluding hydrogens is 350 g/mol. The maximum Gasteiger partial charge on any atom is 0.257 e. The molecule has 0 unspecified atom stereocenters. The Morgan fingerprint density at radius 1 is 1.11 bits per heavy atom. The van der Waals surface area contributed by atoms with Crippen molar-refractivity contribution >= 4 is 33.9 Å². The molecule has 4 rings (SSSR count). The molecule has 0 aliphatic rings. The van der Waals surface area contributed by atoms with E-state index in [9.17, 15) is 4.79 Å². The first-order valence-corrected chi connectivity index (χ1v) is 9.44. The van der Waals surface area contributed by atoms with Gasteiger partial charge in [0.25, 0.3) is 5.91 Å². The van der Waals surface area contributed by atoms with E-state index in [1.54, 1.807) is 4.57 Å². The van der Waals surface area contributed by atoms with E-state index in [-0.39, 0.29) is 11.9 Å². The Bertz CT molecular complexity index is 1180. The Hall–Kier alpha value is -3.41. The lowest BCUT2D eigenvalue weighted by Crippen LogP contribution is -2.32. The number of aromatic nitrogens is 3. The van der Waals surface area contributed by atoms with Crippen LogP contribution in [0.4, 0.5) is 5.82 Å². The Labute approximate surface area is 163 Å². The summed E-state index contributed by atoms with van der Waals surface area (Å²) >= 11 is 0. The van der Waals surface area contributed by atoms with Crippen LogP contribution in [0.5, 0.6) is 0 Å². The summed E-state index contributed by atoms with van der Waals surface area (Å²) in [7, 11) is 0. The van der Waals surface area contributed by atoms with E-state index < -0.39 is 0 Å². The minimum Gasteiger partial charge on any atom is -0.384 e. The molecule has 1 atom stereocenters. The molecule has 0 saturated heterocycles. The minimum atomic E-state index is -0.229. The fourth-order valence-corrected chi connectivity index (χ4v) is 3.24. The molecule has 0 fully saturated rings. The molecular formula is C22H23N5O. The topological polar surface area (TPSA) is 85.8 Å². The highest BCUT2D eigenvalue weighted by Crippen LogP contribution is 2.31. The van der Waals surface area contributed by atoms with Gasteiger partial charge in [-0.15, -0.1) is 0 Å². The average molecular weight is 373 g/mol. The molecule has 6 nitrogen and oxygen atoms in total. The quantitative estimate of drug-likeness (QED) is 0.566. The number of fused-ring (bicyclic) bond motifs is 2. The number of carbonyl (C=O) groups is 1. The lowest BCUT2D eigenvalue weighted by molar-refractivity contribution is 0.0941. The number of nitrogens with zero attached hydrogens (tertiary/aromatic N) is 3. The number of para-hydroxylation sites is 2. The number of nitrogens with one attached hydrogen (secondary N) is 1. The molecule has 2 aromatic heterocycles. The second-order valence-electron chi connectivity index (χ2n) is 7.10. The van der Waals surface area contributed by atoms with Gasteiger partial charge in [-0.1, -0.05) is 36.8 Å². The lowest BCUT2D eigenvalue weighted by Gasteiger charge is -2.11. The highest BCUT2D eigenvalue weighted by Gasteiger charge is 2.25. The molecule has 0 spiro atoms. The van der Waals surface area contributed by atoms with Crippen molar-refractivity contribution in [1.29, 1.82) is 0 Å². The van der Waals surface area contributed by atoms with Crippen LogP contribution < -0.4 is 11.1 Å². The van der Waals surface area contributed by atoms with Gasteiger partial charge >= 0.3 is 0 Å². The molecule has 0 aliphatic carbocycles. The third-order valence-electron chi connectivity index (χ3n) is 5.01. The summed E-state index contributed by atoms with van der Waals surface area (Å²) in [5, 5.41) is 3.00. The number of benzene rings is 2. The molecule has 0 radical (unpaired) electrons. The normalized spacial score (nSPS) is 12.4. The third kappa shape index (κ3) is 2.97. The summed E-state index contributed by atoms with van der Waals surface area (Å²) in [6.45, 7) is 6.02. The Kier molecular flexibility index (Phi) is 4.47. The molecule has 4 aromatic rings. The van der Waals surface area contributed by atoms with E-state index >= 15 is 0 Å². The van der Waals surface area contributed by atoms with Gasteiger partial charge in [0.05, 0.1) is 11.0 Å². The summed E-state index contributed by atoms with van der Waals surface area (Å²) < 4.78 is 1.81. The lowest BCUT2D eigenvalue weighted by atomic mass is 10.2. The van der Waals surface area contributed by atoms with Gasteiger partial charge in [0, 0.05) is 11.7 Å². The van der Waals surface area contributed by atoms with Crippen LogP contribution in [0.2, 0.25) is 0 Å². The average Bonchev–Trinajstić information content (AvgIpc) is 2.97. The number of carbonyl (C=O) groups excluding carboxylic acids is 1. The number of hydrogen-bond acceptors (Lipinski definition) is 4. The van der Waals surface area contributed by atoms with Crippen molar-refractivity contribution in [2.75, 3.05) is 5.73 Å².